The minimum Gasteiger partial charge on any atom is -0.369 e. The summed E-state index contributed by atoms with van der Waals surface area (Å²) in [5.74, 6) is 0.708. The first-order valence-electron chi connectivity index (χ1n) is 4.64. The Morgan fingerprint density at radius 1 is 1.57 bits per heavy atom. The van der Waals surface area contributed by atoms with Gasteiger partial charge in [-0.25, -0.2) is 4.98 Å². The zero-order valence-corrected chi connectivity index (χ0v) is 8.10. The highest BCUT2D eigenvalue weighted by atomic mass is 16.1. The number of carbonyl (C=O) groups is 1. The zero-order valence-electron chi connectivity index (χ0n) is 8.10. The number of rotatable bonds is 2. The van der Waals surface area contributed by atoms with Gasteiger partial charge in [-0.2, -0.15) is 0 Å². The Balaban J connectivity index is 2.00. The van der Waals surface area contributed by atoms with Gasteiger partial charge < -0.3 is 10.6 Å². The van der Waals surface area contributed by atoms with Gasteiger partial charge in [-0.3, -0.25) is 4.79 Å². The number of aryl methyl sites for hydroxylation is 1. The van der Waals surface area contributed by atoms with Crippen LogP contribution in [0.2, 0.25) is 0 Å². The van der Waals surface area contributed by atoms with Crippen LogP contribution in [0, 0.1) is 12.8 Å². The van der Waals surface area contributed by atoms with Crippen molar-refractivity contribution in [2.75, 3.05) is 18.0 Å². The highest BCUT2D eigenvalue weighted by Gasteiger charge is 2.31. The molecule has 1 aromatic heterocycles. The Morgan fingerprint density at radius 2 is 2.29 bits per heavy atom. The normalized spacial score (nSPS) is 16.5. The number of nitrogens with zero attached hydrogens (tertiary/aromatic N) is 2. The third kappa shape index (κ3) is 1.55. The first-order chi connectivity index (χ1) is 6.66. The first-order valence-corrected chi connectivity index (χ1v) is 4.64. The molecule has 0 aliphatic carbocycles. The molecule has 2 rings (SSSR count). The molecule has 4 heteroatoms. The maximum absolute atomic E-state index is 10.8. The maximum atomic E-state index is 10.8. The predicted molar refractivity (Wildman–Crippen MR) is 53.9 cm³/mol. The van der Waals surface area contributed by atoms with Gasteiger partial charge >= 0.3 is 0 Å². The second-order valence-corrected chi connectivity index (χ2v) is 3.70. The van der Waals surface area contributed by atoms with E-state index in [1.54, 1.807) is 0 Å². The minimum absolute atomic E-state index is 0.00176. The number of anilines is 1. The quantitative estimate of drug-likeness (QED) is 0.732. The van der Waals surface area contributed by atoms with E-state index in [0.717, 1.165) is 11.4 Å². The topological polar surface area (TPSA) is 59.2 Å². The fraction of sp³-hybridized carbons (Fsp3) is 0.400. The second kappa shape index (κ2) is 3.29. The molecule has 1 aliphatic rings. The lowest BCUT2D eigenvalue weighted by molar-refractivity contribution is -0.122. The standard InChI is InChI=1S/C10H13N3O/c1-7-2-3-9(12-4-7)13-5-8(6-13)10(11)14/h2-4,8H,5-6H2,1H3,(H2,11,14). The Kier molecular flexibility index (Phi) is 2.11. The van der Waals surface area contributed by atoms with E-state index in [9.17, 15) is 4.79 Å². The molecule has 2 heterocycles. The lowest BCUT2D eigenvalue weighted by Gasteiger charge is -2.38. The van der Waals surface area contributed by atoms with Gasteiger partial charge in [0.15, 0.2) is 0 Å². The minimum atomic E-state index is -0.214. The lowest BCUT2D eigenvalue weighted by Crippen LogP contribution is -2.52. The van der Waals surface area contributed by atoms with Gasteiger partial charge in [0.1, 0.15) is 5.82 Å². The molecule has 1 aromatic rings. The summed E-state index contributed by atoms with van der Waals surface area (Å²) in [7, 11) is 0. The first kappa shape index (κ1) is 8.99. The van der Waals surface area contributed by atoms with Crippen LogP contribution < -0.4 is 10.6 Å². The van der Waals surface area contributed by atoms with E-state index >= 15 is 0 Å². The molecule has 4 nitrogen and oxygen atoms in total. The summed E-state index contributed by atoms with van der Waals surface area (Å²) >= 11 is 0. The molecule has 0 atom stereocenters. The van der Waals surface area contributed by atoms with Gasteiger partial charge in [-0.05, 0) is 18.6 Å². The van der Waals surface area contributed by atoms with E-state index in [4.69, 9.17) is 5.73 Å². The number of pyridine rings is 1. The van der Waals surface area contributed by atoms with Gasteiger partial charge in [-0.15, -0.1) is 0 Å². The molecule has 74 valence electrons. The molecule has 0 bridgehead atoms. The summed E-state index contributed by atoms with van der Waals surface area (Å²) in [6, 6.07) is 3.98. The van der Waals surface area contributed by atoms with Gasteiger partial charge in [0, 0.05) is 19.3 Å². The molecule has 0 aromatic carbocycles. The Hall–Kier alpha value is -1.58. The van der Waals surface area contributed by atoms with E-state index in [0.29, 0.717) is 13.1 Å². The summed E-state index contributed by atoms with van der Waals surface area (Å²) in [4.78, 5) is 17.1. The number of nitrogens with two attached hydrogens (primary N) is 1. The van der Waals surface area contributed by atoms with Crippen LogP contribution in [0.3, 0.4) is 0 Å². The van der Waals surface area contributed by atoms with Crippen LogP contribution in [-0.4, -0.2) is 24.0 Å². The SMILES string of the molecule is Cc1ccc(N2CC(C(N)=O)C2)nc1. The largest absolute Gasteiger partial charge is 0.369 e. The third-order valence-corrected chi connectivity index (χ3v) is 2.50. The maximum Gasteiger partial charge on any atom is 0.224 e. The van der Waals surface area contributed by atoms with Crippen molar-refractivity contribution in [3.8, 4) is 0 Å². The molecule has 1 fully saturated rings. The summed E-state index contributed by atoms with van der Waals surface area (Å²) in [5.41, 5.74) is 6.32. The smallest absolute Gasteiger partial charge is 0.224 e. The summed E-state index contributed by atoms with van der Waals surface area (Å²) in [5, 5.41) is 0. The van der Waals surface area contributed by atoms with Crippen LogP contribution in [0.25, 0.3) is 0 Å². The van der Waals surface area contributed by atoms with Crippen molar-refractivity contribution >= 4 is 11.7 Å². The molecular formula is C10H13N3O. The van der Waals surface area contributed by atoms with Gasteiger partial charge in [0.2, 0.25) is 5.91 Å². The molecular weight excluding hydrogens is 178 g/mol. The number of carbonyl (C=O) groups excluding carboxylic acids is 1. The van der Waals surface area contributed by atoms with E-state index < -0.39 is 0 Å². The third-order valence-electron chi connectivity index (χ3n) is 2.50. The van der Waals surface area contributed by atoms with Crippen molar-refractivity contribution < 1.29 is 4.79 Å². The van der Waals surface area contributed by atoms with Crippen molar-refractivity contribution in [3.63, 3.8) is 0 Å². The summed E-state index contributed by atoms with van der Waals surface area (Å²) < 4.78 is 0. The van der Waals surface area contributed by atoms with Crippen molar-refractivity contribution in [1.82, 2.24) is 4.98 Å². The fourth-order valence-electron chi connectivity index (χ4n) is 1.49. The fourth-order valence-corrected chi connectivity index (χ4v) is 1.49. The number of hydrogen-bond acceptors (Lipinski definition) is 3. The van der Waals surface area contributed by atoms with E-state index in [-0.39, 0.29) is 11.8 Å². The van der Waals surface area contributed by atoms with Crippen molar-refractivity contribution in [3.05, 3.63) is 23.9 Å². The van der Waals surface area contributed by atoms with Crippen LogP contribution >= 0.6 is 0 Å². The Morgan fingerprint density at radius 3 is 2.79 bits per heavy atom. The molecule has 1 saturated heterocycles. The molecule has 0 unspecified atom stereocenters. The molecule has 1 aliphatic heterocycles. The van der Waals surface area contributed by atoms with Crippen molar-refractivity contribution in [1.29, 1.82) is 0 Å². The monoisotopic (exact) mass is 191 g/mol. The number of hydrogen-bond donors (Lipinski definition) is 1. The van der Waals surface area contributed by atoms with Gasteiger partial charge in [-0.1, -0.05) is 6.07 Å². The van der Waals surface area contributed by atoms with Crippen LogP contribution in [-0.2, 0) is 4.79 Å². The average molecular weight is 191 g/mol. The Bertz CT molecular complexity index is 341. The van der Waals surface area contributed by atoms with Crippen LogP contribution in [0.4, 0.5) is 5.82 Å². The second-order valence-electron chi connectivity index (χ2n) is 3.70. The average Bonchev–Trinajstić information content (AvgIpc) is 2.05. The number of amides is 1. The van der Waals surface area contributed by atoms with Crippen LogP contribution in [0.5, 0.6) is 0 Å². The van der Waals surface area contributed by atoms with Gasteiger partial charge in [0.25, 0.3) is 0 Å². The predicted octanol–water partition coefficient (Wildman–Crippen LogP) is 0.312. The van der Waals surface area contributed by atoms with Crippen LogP contribution in [0.1, 0.15) is 5.56 Å². The van der Waals surface area contributed by atoms with E-state index in [1.807, 2.05) is 25.3 Å². The van der Waals surface area contributed by atoms with Crippen molar-refractivity contribution in [2.45, 2.75) is 6.92 Å². The molecule has 0 radical (unpaired) electrons. The molecule has 14 heavy (non-hydrogen) atoms. The van der Waals surface area contributed by atoms with Crippen molar-refractivity contribution in [2.24, 2.45) is 11.7 Å². The summed E-state index contributed by atoms with van der Waals surface area (Å²) in [6.07, 6.45) is 1.83. The highest BCUT2D eigenvalue weighted by Crippen LogP contribution is 2.22. The number of aromatic nitrogens is 1. The Labute approximate surface area is 82.7 Å². The molecule has 2 N–H and O–H groups in total. The van der Waals surface area contributed by atoms with Gasteiger partial charge in [0.05, 0.1) is 5.92 Å². The molecule has 0 spiro atoms. The van der Waals surface area contributed by atoms with E-state index in [2.05, 4.69) is 9.88 Å². The molecule has 0 saturated carbocycles. The molecule has 1 amide bonds. The zero-order chi connectivity index (χ0) is 10.1. The summed E-state index contributed by atoms with van der Waals surface area (Å²) in [6.45, 7) is 3.40. The highest BCUT2D eigenvalue weighted by molar-refractivity contribution is 5.79. The van der Waals surface area contributed by atoms with Crippen LogP contribution in [0.15, 0.2) is 18.3 Å². The lowest BCUT2D eigenvalue weighted by atomic mass is 10.00. The van der Waals surface area contributed by atoms with E-state index in [1.165, 1.54) is 0 Å². The number of primary amides is 1.